The van der Waals surface area contributed by atoms with Crippen molar-refractivity contribution in [2.45, 2.75) is 70.1 Å². The van der Waals surface area contributed by atoms with Gasteiger partial charge in [0.05, 0.1) is 24.5 Å². The average Bonchev–Trinajstić information content (AvgIpc) is 3.07. The third-order valence-corrected chi connectivity index (χ3v) is 5.42. The minimum atomic E-state index is 0.367. The van der Waals surface area contributed by atoms with Crippen LogP contribution in [0, 0.1) is 11.8 Å². The zero-order valence-electron chi connectivity index (χ0n) is 12.8. The summed E-state index contributed by atoms with van der Waals surface area (Å²) in [4.78, 5) is 0. The average molecular weight is 289 g/mol. The second-order valence-corrected chi connectivity index (χ2v) is 7.19. The van der Waals surface area contributed by atoms with Crippen molar-refractivity contribution in [3.05, 3.63) is 12.4 Å². The lowest BCUT2D eigenvalue weighted by Crippen LogP contribution is -2.28. The van der Waals surface area contributed by atoms with Crippen LogP contribution in [0.2, 0.25) is 0 Å². The lowest BCUT2D eigenvalue weighted by atomic mass is 9.82. The number of anilines is 1. The molecule has 4 rings (SSSR count). The van der Waals surface area contributed by atoms with E-state index in [9.17, 15) is 0 Å². The first-order valence-electron chi connectivity index (χ1n) is 8.77. The van der Waals surface area contributed by atoms with Crippen LogP contribution < -0.4 is 5.32 Å². The topological polar surface area (TPSA) is 39.1 Å². The molecule has 3 unspecified atom stereocenters. The summed E-state index contributed by atoms with van der Waals surface area (Å²) in [7, 11) is 0. The summed E-state index contributed by atoms with van der Waals surface area (Å²) in [5.41, 5.74) is 1.19. The van der Waals surface area contributed by atoms with Crippen molar-refractivity contribution in [2.75, 3.05) is 11.9 Å². The third-order valence-electron chi connectivity index (χ3n) is 5.42. The summed E-state index contributed by atoms with van der Waals surface area (Å²) in [6.45, 7) is 1.82. The van der Waals surface area contributed by atoms with Crippen LogP contribution in [0.3, 0.4) is 0 Å². The molecule has 0 spiro atoms. The van der Waals surface area contributed by atoms with Gasteiger partial charge in [0.2, 0.25) is 0 Å². The highest BCUT2D eigenvalue weighted by Gasteiger charge is 2.34. The number of aromatic nitrogens is 2. The van der Waals surface area contributed by atoms with Crippen LogP contribution in [-0.4, -0.2) is 28.5 Å². The summed E-state index contributed by atoms with van der Waals surface area (Å²) in [6, 6.07) is 0.657. The monoisotopic (exact) mass is 289 g/mol. The second-order valence-electron chi connectivity index (χ2n) is 7.19. The molecule has 1 saturated heterocycles. The van der Waals surface area contributed by atoms with Gasteiger partial charge in [-0.25, -0.2) is 0 Å². The minimum absolute atomic E-state index is 0.367. The second kappa shape index (κ2) is 5.99. The maximum Gasteiger partial charge on any atom is 0.0771 e. The molecule has 3 atom stereocenters. The van der Waals surface area contributed by atoms with E-state index in [-0.39, 0.29) is 0 Å². The number of rotatable bonds is 5. The Bertz CT molecular complexity index is 462. The molecule has 3 fully saturated rings. The van der Waals surface area contributed by atoms with Gasteiger partial charge >= 0.3 is 0 Å². The molecule has 4 nitrogen and oxygen atoms in total. The predicted octanol–water partition coefficient (Wildman–Crippen LogP) is 3.44. The van der Waals surface area contributed by atoms with Gasteiger partial charge in [-0.3, -0.25) is 4.68 Å². The third kappa shape index (κ3) is 3.42. The van der Waals surface area contributed by atoms with Gasteiger partial charge in [0, 0.05) is 18.8 Å². The first-order chi connectivity index (χ1) is 10.4. The Morgan fingerprint density at radius 2 is 2.10 bits per heavy atom. The molecule has 1 N–H and O–H groups in total. The zero-order chi connectivity index (χ0) is 14.1. The molecule has 0 aromatic carbocycles. The van der Waals surface area contributed by atoms with E-state index in [0.717, 1.165) is 25.0 Å². The van der Waals surface area contributed by atoms with E-state index in [4.69, 9.17) is 4.74 Å². The van der Waals surface area contributed by atoms with Gasteiger partial charge in [0.25, 0.3) is 0 Å². The molecule has 2 aliphatic carbocycles. The predicted molar refractivity (Wildman–Crippen MR) is 83.3 cm³/mol. The molecule has 0 amide bonds. The first-order valence-corrected chi connectivity index (χ1v) is 8.77. The van der Waals surface area contributed by atoms with Gasteiger partial charge in [-0.2, -0.15) is 5.10 Å². The van der Waals surface area contributed by atoms with Crippen LogP contribution in [-0.2, 0) is 11.3 Å². The Hall–Kier alpha value is -1.03. The molecule has 2 heterocycles. The van der Waals surface area contributed by atoms with Crippen LogP contribution >= 0.6 is 0 Å². The SMILES string of the molecule is c1nn(CC2CCCO2)cc1NC1CCCC(C2CC2)C1. The van der Waals surface area contributed by atoms with E-state index in [2.05, 4.69) is 16.6 Å². The van der Waals surface area contributed by atoms with Crippen LogP contribution in [0.15, 0.2) is 12.4 Å². The number of hydrogen-bond acceptors (Lipinski definition) is 3. The van der Waals surface area contributed by atoms with Crippen molar-refractivity contribution in [1.82, 2.24) is 9.78 Å². The highest BCUT2D eigenvalue weighted by Crippen LogP contribution is 2.44. The normalized spacial score (nSPS) is 33.2. The van der Waals surface area contributed by atoms with Gasteiger partial charge in [0.1, 0.15) is 0 Å². The standard InChI is InChI=1S/C17H27N3O/c1-3-14(13-6-7-13)9-15(4-1)19-16-10-18-20(11-16)12-17-5-2-8-21-17/h10-11,13-15,17,19H,1-9,12H2. The Morgan fingerprint density at radius 3 is 2.90 bits per heavy atom. The fourth-order valence-electron chi connectivity index (χ4n) is 4.13. The maximum absolute atomic E-state index is 5.68. The molecule has 2 saturated carbocycles. The maximum atomic E-state index is 5.68. The molecule has 1 aliphatic heterocycles. The molecule has 1 aromatic rings. The van der Waals surface area contributed by atoms with Crippen LogP contribution in [0.1, 0.15) is 51.4 Å². The van der Waals surface area contributed by atoms with E-state index < -0.39 is 0 Å². The van der Waals surface area contributed by atoms with E-state index >= 15 is 0 Å². The van der Waals surface area contributed by atoms with Crippen molar-refractivity contribution in [3.63, 3.8) is 0 Å². The molecular formula is C17H27N3O. The summed E-state index contributed by atoms with van der Waals surface area (Å²) < 4.78 is 7.72. The number of hydrogen-bond donors (Lipinski definition) is 1. The highest BCUT2D eigenvalue weighted by molar-refractivity contribution is 5.39. The molecule has 116 valence electrons. The largest absolute Gasteiger partial charge is 0.380 e. The fraction of sp³-hybridized carbons (Fsp3) is 0.824. The van der Waals surface area contributed by atoms with Crippen LogP contribution in [0.4, 0.5) is 5.69 Å². The van der Waals surface area contributed by atoms with E-state index in [1.807, 2.05) is 10.9 Å². The number of nitrogens with one attached hydrogen (secondary N) is 1. The quantitative estimate of drug-likeness (QED) is 0.902. The van der Waals surface area contributed by atoms with Gasteiger partial charge in [-0.05, 0) is 50.4 Å². The van der Waals surface area contributed by atoms with Gasteiger partial charge in [-0.1, -0.05) is 12.8 Å². The van der Waals surface area contributed by atoms with E-state index in [1.165, 1.54) is 57.1 Å². The van der Waals surface area contributed by atoms with Crippen molar-refractivity contribution in [3.8, 4) is 0 Å². The smallest absolute Gasteiger partial charge is 0.0771 e. The highest BCUT2D eigenvalue weighted by atomic mass is 16.5. The summed E-state index contributed by atoms with van der Waals surface area (Å²) in [5.74, 6) is 2.04. The summed E-state index contributed by atoms with van der Waals surface area (Å²) in [6.07, 6.45) is 15.4. The molecule has 0 bridgehead atoms. The minimum Gasteiger partial charge on any atom is -0.380 e. The molecule has 0 radical (unpaired) electrons. The van der Waals surface area contributed by atoms with Crippen molar-refractivity contribution >= 4 is 5.69 Å². The Balaban J connectivity index is 1.30. The summed E-state index contributed by atoms with van der Waals surface area (Å²) in [5, 5.41) is 8.20. The Labute approximate surface area is 127 Å². The lowest BCUT2D eigenvalue weighted by Gasteiger charge is -2.30. The fourth-order valence-corrected chi connectivity index (χ4v) is 4.13. The van der Waals surface area contributed by atoms with Gasteiger partial charge in [0.15, 0.2) is 0 Å². The van der Waals surface area contributed by atoms with Crippen molar-refractivity contribution in [1.29, 1.82) is 0 Å². The van der Waals surface area contributed by atoms with Crippen LogP contribution in [0.25, 0.3) is 0 Å². The van der Waals surface area contributed by atoms with Crippen molar-refractivity contribution < 1.29 is 4.74 Å². The number of ether oxygens (including phenoxy) is 1. The lowest BCUT2D eigenvalue weighted by molar-refractivity contribution is 0.0940. The Morgan fingerprint density at radius 1 is 1.14 bits per heavy atom. The molecule has 3 aliphatic rings. The van der Waals surface area contributed by atoms with E-state index in [0.29, 0.717) is 12.1 Å². The molecule has 21 heavy (non-hydrogen) atoms. The summed E-state index contributed by atoms with van der Waals surface area (Å²) >= 11 is 0. The van der Waals surface area contributed by atoms with Gasteiger partial charge in [-0.15, -0.1) is 0 Å². The molecule has 1 aromatic heterocycles. The van der Waals surface area contributed by atoms with Crippen molar-refractivity contribution in [2.24, 2.45) is 11.8 Å². The Kier molecular flexibility index (Phi) is 3.89. The van der Waals surface area contributed by atoms with E-state index in [1.54, 1.807) is 0 Å². The molecular weight excluding hydrogens is 262 g/mol. The van der Waals surface area contributed by atoms with Gasteiger partial charge < -0.3 is 10.1 Å². The molecule has 4 heteroatoms. The van der Waals surface area contributed by atoms with Crippen LogP contribution in [0.5, 0.6) is 0 Å². The first kappa shape index (κ1) is 13.6. The number of nitrogens with zero attached hydrogens (tertiary/aromatic N) is 2. The zero-order valence-corrected chi connectivity index (χ0v) is 12.8.